The second kappa shape index (κ2) is 6.07. The van der Waals surface area contributed by atoms with Gasteiger partial charge in [-0.2, -0.15) is 0 Å². The van der Waals surface area contributed by atoms with Gasteiger partial charge < -0.3 is 0 Å². The smallest absolute Gasteiger partial charge is 0.00199 e. The summed E-state index contributed by atoms with van der Waals surface area (Å²) in [6.07, 6.45) is 3.94. The summed E-state index contributed by atoms with van der Waals surface area (Å²) in [5.74, 6) is 0. The molecule has 0 fully saturated rings. The van der Waals surface area contributed by atoms with E-state index in [1.54, 1.807) is 0 Å². The van der Waals surface area contributed by atoms with Crippen molar-refractivity contribution in [3.63, 3.8) is 0 Å². The lowest BCUT2D eigenvalue weighted by Gasteiger charge is -2.17. The summed E-state index contributed by atoms with van der Waals surface area (Å²) in [7, 11) is 0. The van der Waals surface area contributed by atoms with Crippen LogP contribution >= 0.6 is 0 Å². The van der Waals surface area contributed by atoms with Gasteiger partial charge in [-0.15, -0.1) is 0 Å². The van der Waals surface area contributed by atoms with Crippen molar-refractivity contribution in [3.8, 4) is 33.4 Å². The highest BCUT2D eigenvalue weighted by Crippen LogP contribution is 2.53. The Hall–Kier alpha value is -3.38. The van der Waals surface area contributed by atoms with E-state index in [1.807, 2.05) is 12.2 Å². The molecule has 0 spiro atoms. The van der Waals surface area contributed by atoms with Gasteiger partial charge in [0.25, 0.3) is 0 Å². The van der Waals surface area contributed by atoms with E-state index < -0.39 is 0 Å². The van der Waals surface area contributed by atoms with Crippen LogP contribution in [0.5, 0.6) is 0 Å². The Kier molecular flexibility index (Phi) is 3.64. The van der Waals surface area contributed by atoms with Crippen molar-refractivity contribution < 1.29 is 0 Å². The molecule has 0 amide bonds. The van der Waals surface area contributed by atoms with Crippen LogP contribution in [0, 0.1) is 13.8 Å². The molecule has 5 rings (SSSR count). The molecule has 28 heavy (non-hydrogen) atoms. The topological polar surface area (TPSA) is 0 Å². The van der Waals surface area contributed by atoms with E-state index in [0.29, 0.717) is 0 Å². The number of rotatable bonds is 3. The van der Waals surface area contributed by atoms with Crippen molar-refractivity contribution in [1.82, 2.24) is 0 Å². The molecule has 0 unspecified atom stereocenters. The second-order valence-electron chi connectivity index (χ2n) is 7.49. The van der Waals surface area contributed by atoms with E-state index in [2.05, 4.69) is 87.7 Å². The number of hydrogen-bond donors (Lipinski definition) is 0. The molecule has 4 aromatic rings. The van der Waals surface area contributed by atoms with Gasteiger partial charge in [-0.1, -0.05) is 86.0 Å². The summed E-state index contributed by atoms with van der Waals surface area (Å²) in [5.41, 5.74) is 12.9. The van der Waals surface area contributed by atoms with Crippen LogP contribution in [0.3, 0.4) is 0 Å². The van der Waals surface area contributed by atoms with E-state index in [1.165, 1.54) is 66.4 Å². The summed E-state index contributed by atoms with van der Waals surface area (Å²) < 4.78 is 0. The van der Waals surface area contributed by atoms with Crippen molar-refractivity contribution in [1.29, 1.82) is 0 Å². The molecule has 0 heterocycles. The van der Waals surface area contributed by atoms with Gasteiger partial charge >= 0.3 is 0 Å². The minimum Gasteiger partial charge on any atom is -0.0984 e. The highest BCUT2D eigenvalue weighted by atomic mass is 14.3. The number of benzene rings is 4. The third kappa shape index (κ3) is 2.06. The first-order valence-electron chi connectivity index (χ1n) is 9.71. The zero-order valence-electron chi connectivity index (χ0n) is 16.3. The third-order valence-corrected chi connectivity index (χ3v) is 6.17. The predicted molar refractivity (Wildman–Crippen MR) is 123 cm³/mol. The molecule has 0 radical (unpaired) electrons. The van der Waals surface area contributed by atoms with Gasteiger partial charge in [-0.25, -0.2) is 0 Å². The molecule has 0 atom stereocenters. The Bertz CT molecular complexity index is 1240. The summed E-state index contributed by atoms with van der Waals surface area (Å²) in [6, 6.07) is 21.9. The lowest BCUT2D eigenvalue weighted by Crippen LogP contribution is -1.96. The first-order valence-corrected chi connectivity index (χ1v) is 9.71. The Morgan fingerprint density at radius 1 is 0.607 bits per heavy atom. The van der Waals surface area contributed by atoms with Gasteiger partial charge in [0.1, 0.15) is 0 Å². The van der Waals surface area contributed by atoms with Gasteiger partial charge in [0.2, 0.25) is 0 Å². The van der Waals surface area contributed by atoms with E-state index in [0.717, 1.165) is 0 Å². The monoisotopic (exact) mass is 358 g/mol. The van der Waals surface area contributed by atoms with E-state index in [4.69, 9.17) is 0 Å². The summed E-state index contributed by atoms with van der Waals surface area (Å²) in [4.78, 5) is 0. The average molecular weight is 358 g/mol. The highest BCUT2D eigenvalue weighted by Gasteiger charge is 2.28. The minimum absolute atomic E-state index is 1.19. The third-order valence-electron chi connectivity index (χ3n) is 6.17. The van der Waals surface area contributed by atoms with Crippen LogP contribution in [0.15, 0.2) is 73.8 Å². The summed E-state index contributed by atoms with van der Waals surface area (Å²) in [5, 5.41) is 2.68. The molecule has 134 valence electrons. The fourth-order valence-electron chi connectivity index (χ4n) is 4.94. The van der Waals surface area contributed by atoms with E-state index in [9.17, 15) is 0 Å². The quantitative estimate of drug-likeness (QED) is 0.306. The fourth-order valence-corrected chi connectivity index (χ4v) is 4.94. The molecule has 0 saturated carbocycles. The minimum atomic E-state index is 1.19. The van der Waals surface area contributed by atoms with Crippen LogP contribution in [-0.2, 0) is 0 Å². The Labute approximate surface area is 166 Å². The SMILES string of the molecule is C=Cc1c(C)c2c(c(C)c1C=C)-c1ccc(-c3ccccc3)c3cccc-2c13. The molecular weight excluding hydrogens is 336 g/mol. The number of hydrogen-bond acceptors (Lipinski definition) is 0. The molecule has 4 aromatic carbocycles. The van der Waals surface area contributed by atoms with Gasteiger partial charge in [0.05, 0.1) is 0 Å². The van der Waals surface area contributed by atoms with Crippen LogP contribution in [0.4, 0.5) is 0 Å². The molecule has 0 nitrogen and oxygen atoms in total. The van der Waals surface area contributed by atoms with Crippen molar-refractivity contribution in [2.75, 3.05) is 0 Å². The maximum atomic E-state index is 4.07. The largest absolute Gasteiger partial charge is 0.0984 e. The molecule has 0 bridgehead atoms. The van der Waals surface area contributed by atoms with Gasteiger partial charge in [0, 0.05) is 0 Å². The maximum Gasteiger partial charge on any atom is -0.00199 e. The standard InChI is InChI=1S/C28H22/c1-5-20-17(3)26-24-14-10-13-23-22(19-11-8-7-9-12-19)15-16-25(28(23)24)27(26)18(4)21(20)6-2/h5-16H,1-2H2,3-4H3. The second-order valence-corrected chi connectivity index (χ2v) is 7.49. The molecule has 0 aromatic heterocycles. The highest BCUT2D eigenvalue weighted by molar-refractivity contribution is 6.20. The van der Waals surface area contributed by atoms with Crippen molar-refractivity contribution in [3.05, 3.63) is 96.1 Å². The maximum absolute atomic E-state index is 4.07. The van der Waals surface area contributed by atoms with E-state index in [-0.39, 0.29) is 0 Å². The summed E-state index contributed by atoms with van der Waals surface area (Å²) >= 11 is 0. The molecule has 1 aliphatic carbocycles. The van der Waals surface area contributed by atoms with Crippen LogP contribution in [0.25, 0.3) is 56.3 Å². The van der Waals surface area contributed by atoms with Gasteiger partial charge in [-0.3, -0.25) is 0 Å². The van der Waals surface area contributed by atoms with Crippen LogP contribution in [0.1, 0.15) is 22.3 Å². The molecule has 1 aliphatic rings. The normalized spacial score (nSPS) is 11.5. The van der Waals surface area contributed by atoms with Crippen LogP contribution in [-0.4, -0.2) is 0 Å². The molecule has 0 N–H and O–H groups in total. The molecule has 0 aliphatic heterocycles. The Balaban J connectivity index is 1.94. The molecule has 0 heteroatoms. The zero-order chi connectivity index (χ0) is 19.4. The first-order chi connectivity index (χ1) is 13.7. The predicted octanol–water partition coefficient (Wildman–Crippen LogP) is 8.06. The van der Waals surface area contributed by atoms with Crippen LogP contribution in [0.2, 0.25) is 0 Å². The van der Waals surface area contributed by atoms with Crippen molar-refractivity contribution in [2.45, 2.75) is 13.8 Å². The Morgan fingerprint density at radius 3 is 1.79 bits per heavy atom. The van der Waals surface area contributed by atoms with Crippen LogP contribution < -0.4 is 0 Å². The Morgan fingerprint density at radius 2 is 1.18 bits per heavy atom. The number of fused-ring (bicyclic) bond motifs is 3. The van der Waals surface area contributed by atoms with Gasteiger partial charge in [-0.05, 0) is 80.3 Å². The average Bonchev–Trinajstić information content (AvgIpc) is 3.08. The lowest BCUT2D eigenvalue weighted by atomic mass is 9.86. The van der Waals surface area contributed by atoms with Crippen molar-refractivity contribution >= 4 is 22.9 Å². The molecular formula is C28H22. The zero-order valence-corrected chi connectivity index (χ0v) is 16.3. The summed E-state index contributed by atoms with van der Waals surface area (Å²) in [6.45, 7) is 12.6. The van der Waals surface area contributed by atoms with Gasteiger partial charge in [0.15, 0.2) is 0 Å². The lowest BCUT2D eigenvalue weighted by molar-refractivity contribution is 1.37. The van der Waals surface area contributed by atoms with E-state index >= 15 is 0 Å². The first kappa shape index (κ1) is 16.8. The van der Waals surface area contributed by atoms with Crippen molar-refractivity contribution in [2.24, 2.45) is 0 Å². The molecule has 0 saturated heterocycles. The fraction of sp³-hybridized carbons (Fsp3) is 0.0714.